The number of aryl methyl sites for hydroxylation is 1. The molecule has 1 N–H and O–H groups in total. The molecule has 2 heterocycles. The number of aromatic nitrogens is 1. The molecule has 1 aromatic carbocycles. The Morgan fingerprint density at radius 2 is 2.19 bits per heavy atom. The molecular weight excluding hydrogens is 264 g/mol. The van der Waals surface area contributed by atoms with Crippen LogP contribution < -0.4 is 4.90 Å². The number of anilines is 1. The minimum absolute atomic E-state index is 0.426. The average molecular weight is 282 g/mol. The topological polar surface area (TPSA) is 53.4 Å². The molecule has 0 atom stereocenters. The molecule has 0 fully saturated rings. The molecule has 3 rings (SSSR count). The van der Waals surface area contributed by atoms with Crippen LogP contribution >= 0.6 is 0 Å². The van der Waals surface area contributed by atoms with Crippen molar-refractivity contribution < 1.29 is 9.90 Å². The van der Waals surface area contributed by atoms with E-state index in [1.807, 2.05) is 18.2 Å². The molecule has 1 aliphatic rings. The summed E-state index contributed by atoms with van der Waals surface area (Å²) >= 11 is 0. The Morgan fingerprint density at radius 1 is 1.33 bits per heavy atom. The van der Waals surface area contributed by atoms with Crippen LogP contribution in [0.1, 0.15) is 33.6 Å². The third-order valence-electron chi connectivity index (χ3n) is 4.04. The van der Waals surface area contributed by atoms with Gasteiger partial charge in [-0.05, 0) is 49.1 Å². The van der Waals surface area contributed by atoms with E-state index in [0.717, 1.165) is 42.9 Å². The van der Waals surface area contributed by atoms with Crippen molar-refractivity contribution in [2.45, 2.75) is 26.3 Å². The number of rotatable bonds is 3. The van der Waals surface area contributed by atoms with E-state index in [4.69, 9.17) is 0 Å². The summed E-state index contributed by atoms with van der Waals surface area (Å²) in [5, 5.41) is 9.33. The maximum atomic E-state index is 11.4. The maximum Gasteiger partial charge on any atom is 0.336 e. The molecule has 0 bridgehead atoms. The molecule has 1 aliphatic heterocycles. The van der Waals surface area contributed by atoms with Gasteiger partial charge in [0.05, 0.1) is 17.8 Å². The lowest BCUT2D eigenvalue weighted by Gasteiger charge is -2.32. The Labute approximate surface area is 124 Å². The van der Waals surface area contributed by atoms with Gasteiger partial charge in [0.15, 0.2) is 0 Å². The molecule has 4 heteroatoms. The molecule has 108 valence electrons. The molecule has 0 saturated carbocycles. The first-order chi connectivity index (χ1) is 10.2. The molecule has 0 aliphatic carbocycles. The fourth-order valence-corrected chi connectivity index (χ4v) is 2.93. The van der Waals surface area contributed by atoms with Crippen molar-refractivity contribution in [1.82, 2.24) is 4.98 Å². The van der Waals surface area contributed by atoms with Gasteiger partial charge < -0.3 is 10.0 Å². The van der Waals surface area contributed by atoms with Crippen molar-refractivity contribution in [2.75, 3.05) is 11.4 Å². The summed E-state index contributed by atoms with van der Waals surface area (Å²) in [5.74, 6) is -0.845. The first-order valence-electron chi connectivity index (χ1n) is 7.17. The van der Waals surface area contributed by atoms with E-state index in [9.17, 15) is 9.90 Å². The van der Waals surface area contributed by atoms with Gasteiger partial charge in [0.25, 0.3) is 0 Å². The largest absolute Gasteiger partial charge is 0.478 e. The first-order valence-corrected chi connectivity index (χ1v) is 7.17. The highest BCUT2D eigenvalue weighted by atomic mass is 16.4. The number of hydrogen-bond donors (Lipinski definition) is 1. The number of nitrogens with zero attached hydrogens (tertiary/aromatic N) is 2. The number of hydrogen-bond acceptors (Lipinski definition) is 3. The predicted molar refractivity (Wildman–Crippen MR) is 81.7 cm³/mol. The van der Waals surface area contributed by atoms with Crippen LogP contribution in [-0.4, -0.2) is 22.6 Å². The third-order valence-corrected chi connectivity index (χ3v) is 4.04. The van der Waals surface area contributed by atoms with E-state index in [2.05, 4.69) is 22.9 Å². The normalized spacial score (nSPS) is 13.9. The summed E-state index contributed by atoms with van der Waals surface area (Å²) in [7, 11) is 0. The van der Waals surface area contributed by atoms with Crippen LogP contribution in [0.5, 0.6) is 0 Å². The van der Waals surface area contributed by atoms with Crippen LogP contribution in [-0.2, 0) is 13.0 Å². The summed E-state index contributed by atoms with van der Waals surface area (Å²) in [5.41, 5.74) is 4.62. The number of carboxylic acid groups (broad SMARTS) is 1. The molecule has 0 unspecified atom stereocenters. The van der Waals surface area contributed by atoms with E-state index >= 15 is 0 Å². The van der Waals surface area contributed by atoms with E-state index in [0.29, 0.717) is 5.56 Å². The smallest absolute Gasteiger partial charge is 0.336 e. The highest BCUT2D eigenvalue weighted by Gasteiger charge is 2.22. The van der Waals surface area contributed by atoms with Crippen LogP contribution in [0.25, 0.3) is 0 Å². The average Bonchev–Trinajstić information content (AvgIpc) is 2.49. The number of carbonyl (C=O) groups is 1. The van der Waals surface area contributed by atoms with E-state index in [-0.39, 0.29) is 0 Å². The van der Waals surface area contributed by atoms with Gasteiger partial charge in [-0.1, -0.05) is 12.1 Å². The number of pyridine rings is 1. The molecule has 21 heavy (non-hydrogen) atoms. The van der Waals surface area contributed by atoms with Gasteiger partial charge in [0, 0.05) is 18.4 Å². The molecule has 2 aromatic rings. The summed E-state index contributed by atoms with van der Waals surface area (Å²) in [6.07, 6.45) is 3.61. The Balaban J connectivity index is 1.96. The van der Waals surface area contributed by atoms with E-state index in [1.54, 1.807) is 12.3 Å². The quantitative estimate of drug-likeness (QED) is 0.940. The maximum absolute atomic E-state index is 11.4. The van der Waals surface area contributed by atoms with Crippen LogP contribution in [0.4, 0.5) is 5.69 Å². The summed E-state index contributed by atoms with van der Waals surface area (Å²) < 4.78 is 0. The zero-order valence-corrected chi connectivity index (χ0v) is 12.0. The van der Waals surface area contributed by atoms with Crippen molar-refractivity contribution in [3.8, 4) is 0 Å². The van der Waals surface area contributed by atoms with Gasteiger partial charge in [-0.15, -0.1) is 0 Å². The number of benzene rings is 1. The summed E-state index contributed by atoms with van der Waals surface area (Å²) in [6.45, 7) is 3.72. The van der Waals surface area contributed by atoms with Gasteiger partial charge in [0.1, 0.15) is 0 Å². The van der Waals surface area contributed by atoms with E-state index in [1.165, 1.54) is 5.56 Å². The molecule has 1 aromatic heterocycles. The highest BCUT2D eigenvalue weighted by molar-refractivity contribution is 5.91. The standard InChI is InChI=1S/C17H18N2O2/c1-12-5-3-9-18-15(12)11-19-10-4-7-13-14(17(20)21)6-2-8-16(13)19/h2-3,5-6,8-9H,4,7,10-11H2,1H3,(H,20,21). The Hall–Kier alpha value is -2.36. The van der Waals surface area contributed by atoms with Gasteiger partial charge in [-0.3, -0.25) is 4.98 Å². The van der Waals surface area contributed by atoms with Gasteiger partial charge >= 0.3 is 5.97 Å². The van der Waals surface area contributed by atoms with Crippen LogP contribution in [0.3, 0.4) is 0 Å². The Morgan fingerprint density at radius 3 is 2.95 bits per heavy atom. The Kier molecular flexibility index (Phi) is 3.60. The molecular formula is C17H18N2O2. The van der Waals surface area contributed by atoms with Gasteiger partial charge in [-0.2, -0.15) is 0 Å². The predicted octanol–water partition coefficient (Wildman–Crippen LogP) is 3.04. The van der Waals surface area contributed by atoms with Gasteiger partial charge in [-0.25, -0.2) is 4.79 Å². The third kappa shape index (κ3) is 2.61. The zero-order chi connectivity index (χ0) is 14.8. The second-order valence-corrected chi connectivity index (χ2v) is 5.40. The number of fused-ring (bicyclic) bond motifs is 1. The molecule has 0 spiro atoms. The minimum Gasteiger partial charge on any atom is -0.478 e. The lowest BCUT2D eigenvalue weighted by atomic mass is 9.96. The molecule has 0 saturated heterocycles. The lowest BCUT2D eigenvalue weighted by Crippen LogP contribution is -2.30. The van der Waals surface area contributed by atoms with E-state index < -0.39 is 5.97 Å². The second kappa shape index (κ2) is 5.56. The summed E-state index contributed by atoms with van der Waals surface area (Å²) in [6, 6.07) is 9.52. The van der Waals surface area contributed by atoms with Crippen molar-refractivity contribution in [2.24, 2.45) is 0 Å². The van der Waals surface area contributed by atoms with Crippen molar-refractivity contribution >= 4 is 11.7 Å². The monoisotopic (exact) mass is 282 g/mol. The fourth-order valence-electron chi connectivity index (χ4n) is 2.93. The summed E-state index contributed by atoms with van der Waals surface area (Å²) in [4.78, 5) is 18.0. The van der Waals surface area contributed by atoms with Crippen molar-refractivity contribution in [1.29, 1.82) is 0 Å². The van der Waals surface area contributed by atoms with Crippen LogP contribution in [0.15, 0.2) is 36.5 Å². The van der Waals surface area contributed by atoms with Crippen LogP contribution in [0.2, 0.25) is 0 Å². The first kappa shape index (κ1) is 13.6. The lowest BCUT2D eigenvalue weighted by molar-refractivity contribution is 0.0695. The van der Waals surface area contributed by atoms with Crippen molar-refractivity contribution in [3.63, 3.8) is 0 Å². The molecule has 0 radical (unpaired) electrons. The van der Waals surface area contributed by atoms with Gasteiger partial charge in [0.2, 0.25) is 0 Å². The SMILES string of the molecule is Cc1cccnc1CN1CCCc2c(C(=O)O)cccc21. The second-order valence-electron chi connectivity index (χ2n) is 5.40. The Bertz CT molecular complexity index is 682. The van der Waals surface area contributed by atoms with Crippen LogP contribution in [0, 0.1) is 6.92 Å². The highest BCUT2D eigenvalue weighted by Crippen LogP contribution is 2.31. The van der Waals surface area contributed by atoms with Crippen molar-refractivity contribution in [3.05, 3.63) is 58.9 Å². The zero-order valence-electron chi connectivity index (χ0n) is 12.0. The molecule has 0 amide bonds. The molecule has 4 nitrogen and oxygen atoms in total. The minimum atomic E-state index is -0.845. The number of carboxylic acids is 1. The fraction of sp³-hybridized carbons (Fsp3) is 0.294. The number of aromatic carboxylic acids is 1.